The van der Waals surface area contributed by atoms with Crippen molar-refractivity contribution in [3.63, 3.8) is 0 Å². The summed E-state index contributed by atoms with van der Waals surface area (Å²) in [4.78, 5) is 0. The molecular weight excluding hydrogens is 404 g/mol. The Kier molecular flexibility index (Phi) is 5.01. The van der Waals surface area contributed by atoms with E-state index >= 15 is 0 Å². The van der Waals surface area contributed by atoms with E-state index < -0.39 is 0 Å². The topological polar surface area (TPSA) is 26.3 Å². The summed E-state index contributed by atoms with van der Waals surface area (Å²) in [5.74, 6) is 2.38. The SMILES string of the molecule is Cc1ccc(-c2cc(-c3occc3-c3ccc(Cl)cc3)c(-c3ccc(C)cc3)o2)cc1. The van der Waals surface area contributed by atoms with Crippen molar-refractivity contribution in [2.75, 3.05) is 0 Å². The lowest BCUT2D eigenvalue weighted by molar-refractivity contribution is 0.576. The van der Waals surface area contributed by atoms with E-state index in [0.717, 1.165) is 45.1 Å². The molecule has 0 spiro atoms. The van der Waals surface area contributed by atoms with E-state index in [1.165, 1.54) is 11.1 Å². The third kappa shape index (κ3) is 3.83. The van der Waals surface area contributed by atoms with Gasteiger partial charge in [-0.15, -0.1) is 0 Å². The molecule has 152 valence electrons. The summed E-state index contributed by atoms with van der Waals surface area (Å²) in [5, 5.41) is 0.708. The van der Waals surface area contributed by atoms with Gasteiger partial charge in [-0.05, 0) is 43.7 Å². The average Bonchev–Trinajstić information content (AvgIpc) is 3.43. The third-order valence-corrected chi connectivity index (χ3v) is 5.70. The monoisotopic (exact) mass is 424 g/mol. The molecule has 3 aromatic carbocycles. The Balaban J connectivity index is 1.69. The first-order valence-corrected chi connectivity index (χ1v) is 10.6. The zero-order valence-corrected chi connectivity index (χ0v) is 18.1. The van der Waals surface area contributed by atoms with Gasteiger partial charge in [0.25, 0.3) is 0 Å². The highest BCUT2D eigenvalue weighted by atomic mass is 35.5. The van der Waals surface area contributed by atoms with Gasteiger partial charge in [0.2, 0.25) is 0 Å². The van der Waals surface area contributed by atoms with Gasteiger partial charge in [-0.2, -0.15) is 0 Å². The molecule has 0 aliphatic rings. The van der Waals surface area contributed by atoms with E-state index in [-0.39, 0.29) is 0 Å². The minimum Gasteiger partial charge on any atom is -0.464 e. The molecule has 2 aromatic heterocycles. The lowest BCUT2D eigenvalue weighted by atomic mass is 9.99. The van der Waals surface area contributed by atoms with Gasteiger partial charge in [-0.25, -0.2) is 0 Å². The fourth-order valence-electron chi connectivity index (χ4n) is 3.71. The molecule has 0 atom stereocenters. The molecule has 0 saturated carbocycles. The van der Waals surface area contributed by atoms with E-state index in [0.29, 0.717) is 5.02 Å². The zero-order chi connectivity index (χ0) is 21.4. The molecule has 2 nitrogen and oxygen atoms in total. The van der Waals surface area contributed by atoms with Crippen molar-refractivity contribution in [3.05, 3.63) is 107 Å². The summed E-state index contributed by atoms with van der Waals surface area (Å²) in [6, 6.07) is 28.5. The Morgan fingerprint density at radius 2 is 1.16 bits per heavy atom. The van der Waals surface area contributed by atoms with Crippen molar-refractivity contribution in [1.82, 2.24) is 0 Å². The molecule has 0 N–H and O–H groups in total. The molecule has 0 radical (unpaired) electrons. The van der Waals surface area contributed by atoms with Crippen LogP contribution >= 0.6 is 11.6 Å². The van der Waals surface area contributed by atoms with Crippen LogP contribution in [0.15, 0.2) is 100 Å². The first-order chi connectivity index (χ1) is 15.1. The molecule has 2 heterocycles. The van der Waals surface area contributed by atoms with E-state index in [1.807, 2.05) is 30.3 Å². The standard InChI is InChI=1S/C28H21ClO2/c1-18-3-7-21(8-4-18)26-17-25(27(31-26)22-9-5-19(2)6-10-22)28-24(15-16-30-28)20-11-13-23(29)14-12-20/h3-17H,1-2H3. The average molecular weight is 425 g/mol. The summed E-state index contributed by atoms with van der Waals surface area (Å²) in [6.07, 6.45) is 1.72. The van der Waals surface area contributed by atoms with Gasteiger partial charge in [0.15, 0.2) is 0 Å². The number of hydrogen-bond donors (Lipinski definition) is 0. The maximum atomic E-state index is 6.42. The molecule has 0 unspecified atom stereocenters. The second-order valence-electron chi connectivity index (χ2n) is 7.76. The van der Waals surface area contributed by atoms with E-state index in [4.69, 9.17) is 20.4 Å². The number of hydrogen-bond acceptors (Lipinski definition) is 2. The van der Waals surface area contributed by atoms with Crippen LogP contribution in [0, 0.1) is 13.8 Å². The number of benzene rings is 3. The normalized spacial score (nSPS) is 11.1. The van der Waals surface area contributed by atoms with Crippen molar-refractivity contribution < 1.29 is 8.83 Å². The molecule has 0 aliphatic carbocycles. The molecule has 0 saturated heterocycles. The largest absolute Gasteiger partial charge is 0.464 e. The van der Waals surface area contributed by atoms with Gasteiger partial charge in [-0.3, -0.25) is 0 Å². The molecule has 31 heavy (non-hydrogen) atoms. The van der Waals surface area contributed by atoms with E-state index in [1.54, 1.807) is 6.26 Å². The van der Waals surface area contributed by atoms with Crippen LogP contribution in [0.25, 0.3) is 45.1 Å². The highest BCUT2D eigenvalue weighted by molar-refractivity contribution is 6.30. The molecule has 0 fully saturated rings. The molecule has 0 bridgehead atoms. The van der Waals surface area contributed by atoms with Crippen LogP contribution in [0.2, 0.25) is 5.02 Å². The number of aryl methyl sites for hydroxylation is 2. The van der Waals surface area contributed by atoms with Gasteiger partial charge in [0.1, 0.15) is 17.3 Å². The van der Waals surface area contributed by atoms with Crippen LogP contribution in [-0.4, -0.2) is 0 Å². The minimum atomic E-state index is 0.708. The Bertz CT molecular complexity index is 1320. The fraction of sp³-hybridized carbons (Fsp3) is 0.0714. The van der Waals surface area contributed by atoms with Crippen molar-refractivity contribution >= 4 is 11.6 Å². The lowest BCUT2D eigenvalue weighted by Crippen LogP contribution is -1.82. The molecule has 5 rings (SSSR count). The summed E-state index contributed by atoms with van der Waals surface area (Å²) in [5.41, 5.74) is 7.43. The lowest BCUT2D eigenvalue weighted by Gasteiger charge is -2.05. The van der Waals surface area contributed by atoms with Crippen molar-refractivity contribution in [1.29, 1.82) is 0 Å². The predicted octanol–water partition coefficient (Wildman–Crippen LogP) is 8.81. The van der Waals surface area contributed by atoms with Crippen molar-refractivity contribution in [2.45, 2.75) is 13.8 Å². The van der Waals surface area contributed by atoms with Crippen molar-refractivity contribution in [3.8, 4) is 45.1 Å². The number of halogens is 1. The van der Waals surface area contributed by atoms with Crippen LogP contribution in [0.3, 0.4) is 0 Å². The van der Waals surface area contributed by atoms with Gasteiger partial charge >= 0.3 is 0 Å². The van der Waals surface area contributed by atoms with Crippen LogP contribution in [0.1, 0.15) is 11.1 Å². The van der Waals surface area contributed by atoms with Gasteiger partial charge in [0, 0.05) is 21.7 Å². The maximum Gasteiger partial charge on any atom is 0.145 e. The highest BCUT2D eigenvalue weighted by Crippen LogP contribution is 2.43. The van der Waals surface area contributed by atoms with Crippen LogP contribution in [0.5, 0.6) is 0 Å². The second-order valence-corrected chi connectivity index (χ2v) is 8.19. The minimum absolute atomic E-state index is 0.708. The van der Waals surface area contributed by atoms with E-state index in [9.17, 15) is 0 Å². The Hall–Kier alpha value is -3.49. The molecule has 3 heteroatoms. The number of rotatable bonds is 4. The summed E-state index contributed by atoms with van der Waals surface area (Å²) in [6.45, 7) is 4.16. The highest BCUT2D eigenvalue weighted by Gasteiger charge is 2.21. The smallest absolute Gasteiger partial charge is 0.145 e. The Labute approximate surface area is 186 Å². The van der Waals surface area contributed by atoms with Gasteiger partial charge in [0.05, 0.1) is 11.8 Å². The zero-order valence-electron chi connectivity index (χ0n) is 17.4. The van der Waals surface area contributed by atoms with E-state index in [2.05, 4.69) is 68.4 Å². The molecule has 0 aliphatic heterocycles. The Morgan fingerprint density at radius 1 is 0.581 bits per heavy atom. The maximum absolute atomic E-state index is 6.42. The third-order valence-electron chi connectivity index (χ3n) is 5.45. The second kappa shape index (κ2) is 7.98. The quantitative estimate of drug-likeness (QED) is 0.288. The van der Waals surface area contributed by atoms with Crippen molar-refractivity contribution in [2.24, 2.45) is 0 Å². The summed E-state index contributed by atoms with van der Waals surface area (Å²) < 4.78 is 12.4. The molecule has 5 aromatic rings. The number of furan rings is 2. The summed E-state index contributed by atoms with van der Waals surface area (Å²) >= 11 is 6.09. The van der Waals surface area contributed by atoms with Gasteiger partial charge in [-0.1, -0.05) is 83.4 Å². The molecule has 0 amide bonds. The van der Waals surface area contributed by atoms with Crippen LogP contribution in [0.4, 0.5) is 0 Å². The first kappa shape index (κ1) is 19.5. The fourth-order valence-corrected chi connectivity index (χ4v) is 3.84. The van der Waals surface area contributed by atoms with Crippen LogP contribution < -0.4 is 0 Å². The molecular formula is C28H21ClO2. The summed E-state index contributed by atoms with van der Waals surface area (Å²) in [7, 11) is 0. The first-order valence-electron chi connectivity index (χ1n) is 10.2. The van der Waals surface area contributed by atoms with Gasteiger partial charge < -0.3 is 8.83 Å². The predicted molar refractivity (Wildman–Crippen MR) is 127 cm³/mol. The Morgan fingerprint density at radius 3 is 1.81 bits per heavy atom. The van der Waals surface area contributed by atoms with Crippen LogP contribution in [-0.2, 0) is 0 Å².